The average molecular weight is 247 g/mol. The molecule has 1 unspecified atom stereocenters. The second-order valence-electron chi connectivity index (χ2n) is 4.58. The Morgan fingerprint density at radius 3 is 2.56 bits per heavy atom. The van der Waals surface area contributed by atoms with Crippen LogP contribution in [0.4, 0.5) is 4.39 Å². The van der Waals surface area contributed by atoms with E-state index in [9.17, 15) is 4.39 Å². The minimum absolute atomic E-state index is 0.0404. The predicted molar refractivity (Wildman–Crippen MR) is 69.6 cm³/mol. The highest BCUT2D eigenvalue weighted by Gasteiger charge is 2.14. The molecule has 2 rings (SSSR count). The van der Waals surface area contributed by atoms with Gasteiger partial charge in [0.05, 0.1) is 6.20 Å². The summed E-state index contributed by atoms with van der Waals surface area (Å²) in [5.74, 6) is -0.170. The fourth-order valence-electron chi connectivity index (χ4n) is 2.05. The molecule has 3 nitrogen and oxygen atoms in total. The van der Waals surface area contributed by atoms with Gasteiger partial charge in [0, 0.05) is 36.5 Å². The monoisotopic (exact) mass is 247 g/mol. The number of aryl methyl sites for hydroxylation is 1. The summed E-state index contributed by atoms with van der Waals surface area (Å²) in [4.78, 5) is 0. The van der Waals surface area contributed by atoms with E-state index in [0.717, 1.165) is 5.56 Å². The van der Waals surface area contributed by atoms with Crippen LogP contribution in [-0.2, 0) is 7.05 Å². The highest BCUT2D eigenvalue weighted by atomic mass is 19.1. The van der Waals surface area contributed by atoms with Gasteiger partial charge in [0.25, 0.3) is 0 Å². The molecule has 0 amide bonds. The molecule has 4 heteroatoms. The smallest absolute Gasteiger partial charge is 0.127 e. The van der Waals surface area contributed by atoms with E-state index >= 15 is 0 Å². The van der Waals surface area contributed by atoms with E-state index in [1.54, 1.807) is 10.7 Å². The Morgan fingerprint density at radius 2 is 1.94 bits per heavy atom. The maximum Gasteiger partial charge on any atom is 0.127 e. The number of nitrogens with zero attached hydrogens (tertiary/aromatic N) is 2. The van der Waals surface area contributed by atoms with Crippen LogP contribution in [0, 0.1) is 5.82 Å². The van der Waals surface area contributed by atoms with Crippen molar-refractivity contribution in [3.05, 3.63) is 53.6 Å². The van der Waals surface area contributed by atoms with E-state index in [2.05, 4.69) is 10.4 Å². The first kappa shape index (κ1) is 12.8. The summed E-state index contributed by atoms with van der Waals surface area (Å²) in [6.45, 7) is 4.01. The molecule has 0 aliphatic heterocycles. The third-order valence-corrected chi connectivity index (χ3v) is 3.10. The van der Waals surface area contributed by atoms with Crippen LogP contribution in [0.5, 0.6) is 0 Å². The number of benzene rings is 1. The summed E-state index contributed by atoms with van der Waals surface area (Å²) < 4.78 is 15.4. The lowest BCUT2D eigenvalue weighted by molar-refractivity contribution is 0.474. The summed E-state index contributed by atoms with van der Waals surface area (Å²) in [6, 6.07) is 6.95. The van der Waals surface area contributed by atoms with Crippen molar-refractivity contribution >= 4 is 0 Å². The van der Waals surface area contributed by atoms with E-state index < -0.39 is 0 Å². The maximum atomic E-state index is 13.6. The number of hydrogen-bond acceptors (Lipinski definition) is 2. The highest BCUT2D eigenvalue weighted by Crippen LogP contribution is 2.20. The first-order valence-corrected chi connectivity index (χ1v) is 6.07. The first-order chi connectivity index (χ1) is 8.58. The third kappa shape index (κ3) is 2.76. The van der Waals surface area contributed by atoms with E-state index in [1.807, 2.05) is 45.4 Å². The topological polar surface area (TPSA) is 29.9 Å². The van der Waals surface area contributed by atoms with Gasteiger partial charge in [-0.2, -0.15) is 5.10 Å². The Hall–Kier alpha value is -1.68. The van der Waals surface area contributed by atoms with Crippen LogP contribution in [0.1, 0.15) is 37.1 Å². The molecule has 0 saturated heterocycles. The summed E-state index contributed by atoms with van der Waals surface area (Å²) >= 11 is 0. The molecule has 2 atom stereocenters. The van der Waals surface area contributed by atoms with Crippen molar-refractivity contribution < 1.29 is 4.39 Å². The number of nitrogens with one attached hydrogen (secondary N) is 1. The van der Waals surface area contributed by atoms with Gasteiger partial charge in [-0.15, -0.1) is 0 Å². The predicted octanol–water partition coefficient (Wildman–Crippen LogP) is 2.97. The van der Waals surface area contributed by atoms with Crippen LogP contribution < -0.4 is 5.32 Å². The molecule has 0 fully saturated rings. The normalized spacial score (nSPS) is 14.4. The molecule has 0 aliphatic carbocycles. The van der Waals surface area contributed by atoms with Crippen molar-refractivity contribution in [3.8, 4) is 0 Å². The largest absolute Gasteiger partial charge is 0.303 e. The second kappa shape index (κ2) is 5.31. The minimum atomic E-state index is -0.170. The summed E-state index contributed by atoms with van der Waals surface area (Å²) in [6.07, 6.45) is 3.79. The lowest BCUT2D eigenvalue weighted by Crippen LogP contribution is -2.23. The van der Waals surface area contributed by atoms with Crippen molar-refractivity contribution in [3.63, 3.8) is 0 Å². The van der Waals surface area contributed by atoms with Crippen molar-refractivity contribution in [2.45, 2.75) is 25.9 Å². The fraction of sp³-hybridized carbons (Fsp3) is 0.357. The number of rotatable bonds is 4. The first-order valence-electron chi connectivity index (χ1n) is 6.07. The van der Waals surface area contributed by atoms with Gasteiger partial charge in [-0.1, -0.05) is 18.2 Å². The lowest BCUT2D eigenvalue weighted by atomic mass is 10.1. The Morgan fingerprint density at radius 1 is 1.22 bits per heavy atom. The van der Waals surface area contributed by atoms with E-state index in [0.29, 0.717) is 5.56 Å². The number of aromatic nitrogens is 2. The van der Waals surface area contributed by atoms with Crippen LogP contribution in [0.25, 0.3) is 0 Å². The molecule has 0 spiro atoms. The van der Waals surface area contributed by atoms with Crippen LogP contribution in [0.15, 0.2) is 36.7 Å². The Balaban J connectivity index is 2.08. The fourth-order valence-corrected chi connectivity index (χ4v) is 2.05. The Labute approximate surface area is 107 Å². The van der Waals surface area contributed by atoms with Crippen molar-refractivity contribution in [2.24, 2.45) is 7.05 Å². The molecule has 0 bridgehead atoms. The van der Waals surface area contributed by atoms with Gasteiger partial charge in [-0.25, -0.2) is 4.39 Å². The van der Waals surface area contributed by atoms with Gasteiger partial charge in [-0.3, -0.25) is 4.68 Å². The summed E-state index contributed by atoms with van der Waals surface area (Å²) in [5, 5.41) is 7.51. The molecule has 1 aromatic carbocycles. The number of halogens is 1. The average Bonchev–Trinajstić information content (AvgIpc) is 2.76. The maximum absolute atomic E-state index is 13.6. The molecule has 1 aromatic heterocycles. The molecule has 96 valence electrons. The molecule has 0 aliphatic rings. The SMILES string of the molecule is CC(N[C@H](C)c1ccccc1F)c1cnn(C)c1. The van der Waals surface area contributed by atoms with Gasteiger partial charge < -0.3 is 5.32 Å². The zero-order valence-electron chi connectivity index (χ0n) is 10.9. The molecular formula is C14H18FN3. The molecular weight excluding hydrogens is 229 g/mol. The van der Waals surface area contributed by atoms with Gasteiger partial charge in [0.15, 0.2) is 0 Å². The van der Waals surface area contributed by atoms with E-state index in [4.69, 9.17) is 0 Å². The molecule has 0 radical (unpaired) electrons. The molecule has 1 N–H and O–H groups in total. The lowest BCUT2D eigenvalue weighted by Gasteiger charge is -2.19. The molecule has 2 aromatic rings. The van der Waals surface area contributed by atoms with Crippen LogP contribution in [0.3, 0.4) is 0 Å². The van der Waals surface area contributed by atoms with Crippen molar-refractivity contribution in [2.75, 3.05) is 0 Å². The van der Waals surface area contributed by atoms with Gasteiger partial charge >= 0.3 is 0 Å². The second-order valence-corrected chi connectivity index (χ2v) is 4.58. The Bertz CT molecular complexity index is 521. The van der Waals surface area contributed by atoms with Crippen LogP contribution in [-0.4, -0.2) is 9.78 Å². The van der Waals surface area contributed by atoms with Crippen LogP contribution >= 0.6 is 0 Å². The zero-order chi connectivity index (χ0) is 13.1. The molecule has 1 heterocycles. The third-order valence-electron chi connectivity index (χ3n) is 3.10. The van der Waals surface area contributed by atoms with Crippen molar-refractivity contribution in [1.29, 1.82) is 0 Å². The standard InChI is InChI=1S/C14H18FN3/c1-10(12-8-16-18(3)9-12)17-11(2)13-6-4-5-7-14(13)15/h4-11,17H,1-3H3/t10?,11-/m1/s1. The van der Waals surface area contributed by atoms with Gasteiger partial charge in [0.1, 0.15) is 5.82 Å². The summed E-state index contributed by atoms with van der Waals surface area (Å²) in [7, 11) is 1.89. The van der Waals surface area contributed by atoms with Gasteiger partial charge in [0.2, 0.25) is 0 Å². The van der Waals surface area contributed by atoms with E-state index in [-0.39, 0.29) is 17.9 Å². The Kier molecular flexibility index (Phi) is 3.77. The number of hydrogen-bond donors (Lipinski definition) is 1. The molecule has 18 heavy (non-hydrogen) atoms. The van der Waals surface area contributed by atoms with Crippen LogP contribution in [0.2, 0.25) is 0 Å². The minimum Gasteiger partial charge on any atom is -0.303 e. The highest BCUT2D eigenvalue weighted by molar-refractivity contribution is 5.21. The zero-order valence-corrected chi connectivity index (χ0v) is 10.9. The molecule has 0 saturated carbocycles. The van der Waals surface area contributed by atoms with Gasteiger partial charge in [-0.05, 0) is 19.9 Å². The summed E-state index contributed by atoms with van der Waals surface area (Å²) in [5.41, 5.74) is 1.79. The quantitative estimate of drug-likeness (QED) is 0.900. The van der Waals surface area contributed by atoms with E-state index in [1.165, 1.54) is 6.07 Å². The van der Waals surface area contributed by atoms with Crippen molar-refractivity contribution in [1.82, 2.24) is 15.1 Å².